The van der Waals surface area contributed by atoms with Gasteiger partial charge in [-0.2, -0.15) is 15.0 Å². The summed E-state index contributed by atoms with van der Waals surface area (Å²) < 4.78 is 0. The van der Waals surface area contributed by atoms with E-state index < -0.39 is 0 Å². The number of anilines is 3. The lowest BCUT2D eigenvalue weighted by Gasteiger charge is -2.34. The van der Waals surface area contributed by atoms with E-state index in [1.807, 2.05) is 21.6 Å². The first-order valence-corrected chi connectivity index (χ1v) is 16.5. The minimum atomic E-state index is 0.171. The molecule has 1 aromatic rings. The Balaban J connectivity index is 1.39. The molecule has 3 N–H and O–H groups in total. The molecule has 3 fully saturated rings. The topological polar surface area (TPSA) is 136 Å². The molecule has 3 aliphatic rings. The predicted octanol–water partition coefficient (Wildman–Crippen LogP) is 3.58. The largest absolute Gasteiger partial charge is 0.351 e. The first kappa shape index (κ1) is 32.7. The molecule has 12 nitrogen and oxygen atoms in total. The summed E-state index contributed by atoms with van der Waals surface area (Å²) in [5, 5.41) is 10.5. The van der Waals surface area contributed by atoms with E-state index in [0.29, 0.717) is 48.9 Å². The fourth-order valence-electron chi connectivity index (χ4n) is 6.12. The fraction of sp³-hybridized carbons (Fsp3) is 0.806. The van der Waals surface area contributed by atoms with Crippen LogP contribution in [0.3, 0.4) is 0 Å². The molecule has 3 aliphatic heterocycles. The maximum absolute atomic E-state index is 12.5. The first-order chi connectivity index (χ1) is 20.6. The van der Waals surface area contributed by atoms with Gasteiger partial charge in [-0.15, -0.1) is 0 Å². The van der Waals surface area contributed by atoms with Gasteiger partial charge in [0, 0.05) is 76.7 Å². The van der Waals surface area contributed by atoms with Gasteiger partial charge in [0.2, 0.25) is 35.6 Å². The van der Waals surface area contributed by atoms with Crippen molar-refractivity contribution in [3.63, 3.8) is 0 Å². The van der Waals surface area contributed by atoms with Crippen LogP contribution in [0, 0.1) is 11.8 Å². The number of nitrogens with zero attached hydrogens (tertiary/aromatic N) is 6. The second-order valence-electron chi connectivity index (χ2n) is 13.3. The lowest BCUT2D eigenvalue weighted by atomic mass is 10.0. The van der Waals surface area contributed by atoms with Crippen molar-refractivity contribution in [2.45, 2.75) is 111 Å². The number of hydrogen-bond acceptors (Lipinski definition) is 9. The Kier molecular flexibility index (Phi) is 11.8. The Morgan fingerprint density at radius 1 is 0.581 bits per heavy atom. The van der Waals surface area contributed by atoms with Crippen molar-refractivity contribution in [3.05, 3.63) is 0 Å². The molecule has 0 bridgehead atoms. The molecule has 4 heterocycles. The average Bonchev–Trinajstić information content (AvgIpc) is 2.97. The molecule has 0 atom stereocenters. The Bertz CT molecular complexity index is 1010. The van der Waals surface area contributed by atoms with E-state index in [2.05, 4.69) is 43.6 Å². The quantitative estimate of drug-likeness (QED) is 0.349. The number of rotatable bonds is 11. The van der Waals surface area contributed by atoms with E-state index >= 15 is 0 Å². The second kappa shape index (κ2) is 15.5. The highest BCUT2D eigenvalue weighted by Gasteiger charge is 2.27. The smallest absolute Gasteiger partial charge is 0.229 e. The third-order valence-corrected chi connectivity index (χ3v) is 8.65. The summed E-state index contributed by atoms with van der Waals surface area (Å²) in [7, 11) is 0. The van der Waals surface area contributed by atoms with Crippen molar-refractivity contribution in [1.82, 2.24) is 29.7 Å². The maximum Gasteiger partial charge on any atom is 0.229 e. The van der Waals surface area contributed by atoms with Crippen LogP contribution in [0.1, 0.15) is 92.4 Å². The normalized spacial score (nSPS) is 19.2. The number of piperidine rings is 3. The summed E-state index contributed by atoms with van der Waals surface area (Å²) in [5.41, 5.74) is 0. The lowest BCUT2D eigenvalue weighted by molar-refractivity contribution is -0.133. The Hall–Kier alpha value is -3.18. The molecular weight excluding hydrogens is 546 g/mol. The van der Waals surface area contributed by atoms with Crippen molar-refractivity contribution in [1.29, 1.82) is 0 Å². The fourth-order valence-corrected chi connectivity index (χ4v) is 6.12. The van der Waals surface area contributed by atoms with Gasteiger partial charge in [0.1, 0.15) is 0 Å². The van der Waals surface area contributed by atoms with Crippen LogP contribution in [-0.4, -0.2) is 105 Å². The number of hydrogen-bond donors (Lipinski definition) is 3. The third kappa shape index (κ3) is 9.92. The van der Waals surface area contributed by atoms with Gasteiger partial charge in [0.15, 0.2) is 0 Å². The summed E-state index contributed by atoms with van der Waals surface area (Å²) in [5.74, 6) is 2.95. The van der Waals surface area contributed by atoms with E-state index in [9.17, 15) is 14.4 Å². The zero-order valence-corrected chi connectivity index (χ0v) is 26.9. The molecule has 12 heteroatoms. The Labute approximate surface area is 257 Å². The van der Waals surface area contributed by atoms with Gasteiger partial charge in [0.05, 0.1) is 0 Å². The monoisotopic (exact) mass is 599 g/mol. The van der Waals surface area contributed by atoms with Gasteiger partial charge in [-0.05, 0) is 50.4 Å². The van der Waals surface area contributed by atoms with Crippen molar-refractivity contribution in [2.24, 2.45) is 11.8 Å². The van der Waals surface area contributed by atoms with Crippen LogP contribution in [0.2, 0.25) is 0 Å². The van der Waals surface area contributed by atoms with E-state index in [1.54, 1.807) is 0 Å². The molecule has 3 saturated heterocycles. The standard InChI is InChI=1S/C31H53N9O3/c1-6-26(41)38-13-7-23(8-14-38)32-29-35-30(33-24-9-15-39(16-10-24)27(42)19-21(2)3)37-31(36-29)34-25-11-17-40(18-12-25)28(43)20-22(4)5/h21-25H,6-20H2,1-5H3,(H3,32,33,34,35,36,37). The van der Waals surface area contributed by atoms with Gasteiger partial charge in [-0.25, -0.2) is 0 Å². The molecular formula is C31H53N9O3. The zero-order chi connectivity index (χ0) is 30.9. The number of carbonyl (C=O) groups is 3. The van der Waals surface area contributed by atoms with E-state index in [1.165, 1.54) is 0 Å². The van der Waals surface area contributed by atoms with Gasteiger partial charge in [-0.1, -0.05) is 34.6 Å². The predicted molar refractivity (Wildman–Crippen MR) is 169 cm³/mol. The van der Waals surface area contributed by atoms with Crippen LogP contribution in [0.5, 0.6) is 0 Å². The summed E-state index contributed by atoms with van der Waals surface area (Å²) in [6.07, 6.45) is 6.76. The first-order valence-electron chi connectivity index (χ1n) is 16.5. The molecule has 3 amide bonds. The van der Waals surface area contributed by atoms with Crippen molar-refractivity contribution >= 4 is 35.6 Å². The van der Waals surface area contributed by atoms with Crippen molar-refractivity contribution < 1.29 is 14.4 Å². The molecule has 4 rings (SSSR count). The van der Waals surface area contributed by atoms with Crippen LogP contribution >= 0.6 is 0 Å². The molecule has 0 saturated carbocycles. The van der Waals surface area contributed by atoms with E-state index in [-0.39, 0.29) is 35.8 Å². The van der Waals surface area contributed by atoms with E-state index in [4.69, 9.17) is 15.0 Å². The zero-order valence-electron chi connectivity index (χ0n) is 26.9. The highest BCUT2D eigenvalue weighted by molar-refractivity contribution is 5.77. The summed E-state index contributed by atoms with van der Waals surface area (Å²) in [4.78, 5) is 57.3. The van der Waals surface area contributed by atoms with Crippen LogP contribution < -0.4 is 16.0 Å². The van der Waals surface area contributed by atoms with Gasteiger partial charge in [-0.3, -0.25) is 14.4 Å². The third-order valence-electron chi connectivity index (χ3n) is 8.65. The van der Waals surface area contributed by atoms with Crippen LogP contribution in [-0.2, 0) is 14.4 Å². The number of nitrogens with one attached hydrogen (secondary N) is 3. The molecule has 0 aromatic carbocycles. The number of carbonyl (C=O) groups excluding carboxylic acids is 3. The summed E-state index contributed by atoms with van der Waals surface area (Å²) in [6, 6.07) is 0.517. The molecule has 0 radical (unpaired) electrons. The van der Waals surface area contributed by atoms with E-state index in [0.717, 1.165) is 77.8 Å². The number of aromatic nitrogens is 3. The molecule has 0 spiro atoms. The Morgan fingerprint density at radius 3 is 1.12 bits per heavy atom. The summed E-state index contributed by atoms with van der Waals surface area (Å²) >= 11 is 0. The van der Waals surface area contributed by atoms with Crippen molar-refractivity contribution in [3.8, 4) is 0 Å². The Morgan fingerprint density at radius 2 is 0.860 bits per heavy atom. The lowest BCUT2D eigenvalue weighted by Crippen LogP contribution is -2.43. The molecule has 240 valence electrons. The number of amides is 3. The maximum atomic E-state index is 12.5. The molecule has 0 unspecified atom stereocenters. The number of likely N-dealkylation sites (tertiary alicyclic amines) is 3. The van der Waals surface area contributed by atoms with Crippen LogP contribution in [0.15, 0.2) is 0 Å². The van der Waals surface area contributed by atoms with Crippen LogP contribution in [0.25, 0.3) is 0 Å². The highest BCUT2D eigenvalue weighted by atomic mass is 16.2. The van der Waals surface area contributed by atoms with Gasteiger partial charge in [0.25, 0.3) is 0 Å². The molecule has 43 heavy (non-hydrogen) atoms. The SMILES string of the molecule is CCC(=O)N1CCC(Nc2nc(NC3CCN(C(=O)CC(C)C)CC3)nc(NC3CCN(C(=O)CC(C)C)CC3)n2)CC1. The average molecular weight is 600 g/mol. The van der Waals surface area contributed by atoms with Gasteiger partial charge < -0.3 is 30.7 Å². The highest BCUT2D eigenvalue weighted by Crippen LogP contribution is 2.22. The minimum Gasteiger partial charge on any atom is -0.351 e. The molecule has 1 aromatic heterocycles. The van der Waals surface area contributed by atoms with Crippen molar-refractivity contribution in [2.75, 3.05) is 55.2 Å². The minimum absolute atomic E-state index is 0.171. The molecule has 0 aliphatic carbocycles. The van der Waals surface area contributed by atoms with Gasteiger partial charge >= 0.3 is 0 Å². The summed E-state index contributed by atoms with van der Waals surface area (Å²) in [6.45, 7) is 14.6. The second-order valence-corrected chi connectivity index (χ2v) is 13.3. The van der Waals surface area contributed by atoms with Crippen LogP contribution in [0.4, 0.5) is 17.8 Å².